The topological polar surface area (TPSA) is 18.5 Å². The van der Waals surface area contributed by atoms with Gasteiger partial charge in [0.05, 0.1) is 0 Å². The lowest BCUT2D eigenvalue weighted by Crippen LogP contribution is -2.57. The molecule has 0 radical (unpaired) electrons. The fourth-order valence-corrected chi connectivity index (χ4v) is 5.19. The Morgan fingerprint density at radius 2 is 1.23 bits per heavy atom. The standard InChI is InChI=1S/C27H21BO2/c1-16-14-17(2)25(18(3)15-16)19-12-13-24-26-27(19)30-23-11-7-5-9-21(23)28(26)20-8-4-6-10-22(20)29-24/h4-15H,1-3H3. The molecule has 0 amide bonds. The zero-order valence-electron chi connectivity index (χ0n) is 17.3. The number of fused-ring (bicyclic) bond motifs is 4. The van der Waals surface area contributed by atoms with E-state index in [0.29, 0.717) is 0 Å². The van der Waals surface area contributed by atoms with E-state index in [9.17, 15) is 0 Å². The van der Waals surface area contributed by atoms with Crippen molar-refractivity contribution in [1.82, 2.24) is 0 Å². The molecule has 30 heavy (non-hydrogen) atoms. The van der Waals surface area contributed by atoms with Crippen molar-refractivity contribution >= 4 is 23.1 Å². The van der Waals surface area contributed by atoms with E-state index in [1.54, 1.807) is 0 Å². The largest absolute Gasteiger partial charge is 0.458 e. The monoisotopic (exact) mass is 388 g/mol. The smallest absolute Gasteiger partial charge is 0.260 e. The van der Waals surface area contributed by atoms with Crippen LogP contribution in [0.15, 0.2) is 72.8 Å². The summed E-state index contributed by atoms with van der Waals surface area (Å²) >= 11 is 0. The first-order chi connectivity index (χ1) is 14.6. The number of rotatable bonds is 1. The maximum atomic E-state index is 6.59. The Bertz CT molecular complexity index is 1300. The van der Waals surface area contributed by atoms with E-state index in [1.807, 2.05) is 12.1 Å². The molecule has 0 aromatic heterocycles. The molecule has 4 aromatic rings. The summed E-state index contributed by atoms with van der Waals surface area (Å²) in [6, 6.07) is 25.5. The van der Waals surface area contributed by atoms with Crippen LogP contribution < -0.4 is 25.9 Å². The molecule has 2 aliphatic rings. The summed E-state index contributed by atoms with van der Waals surface area (Å²) in [7, 11) is 0. The van der Waals surface area contributed by atoms with Crippen LogP contribution in [0, 0.1) is 20.8 Å². The van der Waals surface area contributed by atoms with Crippen LogP contribution >= 0.6 is 0 Å². The van der Waals surface area contributed by atoms with Crippen molar-refractivity contribution in [1.29, 1.82) is 0 Å². The molecule has 0 unspecified atom stereocenters. The van der Waals surface area contributed by atoms with Crippen LogP contribution in [-0.2, 0) is 0 Å². The number of hydrogen-bond donors (Lipinski definition) is 0. The van der Waals surface area contributed by atoms with Gasteiger partial charge < -0.3 is 9.47 Å². The van der Waals surface area contributed by atoms with Gasteiger partial charge in [-0.25, -0.2) is 0 Å². The Kier molecular flexibility index (Phi) is 3.64. The fraction of sp³-hybridized carbons (Fsp3) is 0.111. The Balaban J connectivity index is 1.68. The van der Waals surface area contributed by atoms with Crippen molar-refractivity contribution < 1.29 is 9.47 Å². The zero-order chi connectivity index (χ0) is 20.4. The summed E-state index contributed by atoms with van der Waals surface area (Å²) < 4.78 is 12.9. The molecule has 2 nitrogen and oxygen atoms in total. The molecular formula is C27H21BO2. The van der Waals surface area contributed by atoms with Crippen LogP contribution in [0.3, 0.4) is 0 Å². The van der Waals surface area contributed by atoms with Gasteiger partial charge >= 0.3 is 0 Å². The van der Waals surface area contributed by atoms with E-state index >= 15 is 0 Å². The molecule has 0 atom stereocenters. The minimum absolute atomic E-state index is 0.107. The third kappa shape index (κ3) is 2.38. The maximum absolute atomic E-state index is 6.59. The first-order valence-corrected chi connectivity index (χ1v) is 10.4. The summed E-state index contributed by atoms with van der Waals surface area (Å²) in [5.41, 5.74) is 9.69. The zero-order valence-corrected chi connectivity index (χ0v) is 17.3. The number of aryl methyl sites for hydroxylation is 3. The Labute approximate surface area is 177 Å². The van der Waals surface area contributed by atoms with Crippen LogP contribution in [-0.4, -0.2) is 6.71 Å². The first kappa shape index (κ1) is 17.4. The quantitative estimate of drug-likeness (QED) is 0.369. The second-order valence-corrected chi connectivity index (χ2v) is 8.34. The van der Waals surface area contributed by atoms with Crippen LogP contribution in [0.1, 0.15) is 16.7 Å². The second kappa shape index (κ2) is 6.27. The van der Waals surface area contributed by atoms with Crippen molar-refractivity contribution in [2.45, 2.75) is 20.8 Å². The van der Waals surface area contributed by atoms with Gasteiger partial charge in [0.1, 0.15) is 23.0 Å². The molecule has 3 heteroatoms. The molecule has 0 bridgehead atoms. The van der Waals surface area contributed by atoms with Gasteiger partial charge in [0.25, 0.3) is 6.71 Å². The fourth-order valence-electron chi connectivity index (χ4n) is 5.19. The Morgan fingerprint density at radius 1 is 0.633 bits per heavy atom. The molecule has 0 aliphatic carbocycles. The molecule has 0 N–H and O–H groups in total. The van der Waals surface area contributed by atoms with E-state index in [4.69, 9.17) is 9.47 Å². The van der Waals surface area contributed by atoms with Crippen molar-refractivity contribution in [2.75, 3.05) is 0 Å². The molecule has 0 fully saturated rings. The number of para-hydroxylation sites is 2. The molecule has 4 aromatic carbocycles. The number of benzene rings is 4. The maximum Gasteiger partial charge on any atom is 0.260 e. The van der Waals surface area contributed by atoms with Gasteiger partial charge in [-0.05, 0) is 72.7 Å². The minimum Gasteiger partial charge on any atom is -0.458 e. The summed E-state index contributed by atoms with van der Waals surface area (Å²) in [6.07, 6.45) is 0. The lowest BCUT2D eigenvalue weighted by atomic mass is 9.34. The normalized spacial score (nSPS) is 13.0. The lowest BCUT2D eigenvalue weighted by molar-refractivity contribution is 0.465. The van der Waals surface area contributed by atoms with E-state index in [1.165, 1.54) is 33.2 Å². The van der Waals surface area contributed by atoms with E-state index in [2.05, 4.69) is 81.4 Å². The molecular weight excluding hydrogens is 367 g/mol. The van der Waals surface area contributed by atoms with Crippen LogP contribution in [0.4, 0.5) is 0 Å². The Hall–Kier alpha value is -3.46. The van der Waals surface area contributed by atoms with Crippen molar-refractivity contribution in [3.8, 4) is 34.1 Å². The third-order valence-corrected chi connectivity index (χ3v) is 6.28. The van der Waals surface area contributed by atoms with Gasteiger partial charge in [-0.15, -0.1) is 0 Å². The molecule has 0 saturated heterocycles. The molecule has 0 spiro atoms. The van der Waals surface area contributed by atoms with E-state index in [0.717, 1.165) is 34.0 Å². The highest BCUT2D eigenvalue weighted by Crippen LogP contribution is 2.42. The van der Waals surface area contributed by atoms with Gasteiger partial charge in [0.2, 0.25) is 0 Å². The van der Waals surface area contributed by atoms with Crippen molar-refractivity contribution in [3.05, 3.63) is 89.5 Å². The molecule has 6 rings (SSSR count). The first-order valence-electron chi connectivity index (χ1n) is 10.4. The van der Waals surface area contributed by atoms with Gasteiger partial charge in [0, 0.05) is 11.0 Å². The van der Waals surface area contributed by atoms with Gasteiger partial charge in [-0.3, -0.25) is 0 Å². The van der Waals surface area contributed by atoms with Crippen LogP contribution in [0.2, 0.25) is 0 Å². The van der Waals surface area contributed by atoms with Crippen LogP contribution in [0.25, 0.3) is 11.1 Å². The molecule has 144 valence electrons. The highest BCUT2D eigenvalue weighted by atomic mass is 16.5. The molecule has 0 saturated carbocycles. The summed E-state index contributed by atoms with van der Waals surface area (Å²) in [5, 5.41) is 0. The lowest BCUT2D eigenvalue weighted by Gasteiger charge is -2.34. The van der Waals surface area contributed by atoms with E-state index < -0.39 is 0 Å². The predicted octanol–water partition coefficient (Wildman–Crippen LogP) is 5.01. The van der Waals surface area contributed by atoms with E-state index in [-0.39, 0.29) is 6.71 Å². The van der Waals surface area contributed by atoms with Gasteiger partial charge in [-0.2, -0.15) is 0 Å². The average molecular weight is 388 g/mol. The average Bonchev–Trinajstić information content (AvgIpc) is 2.74. The highest BCUT2D eigenvalue weighted by molar-refractivity contribution is 6.98. The molecule has 2 heterocycles. The second-order valence-electron chi connectivity index (χ2n) is 8.34. The minimum atomic E-state index is 0.107. The van der Waals surface area contributed by atoms with Crippen LogP contribution in [0.5, 0.6) is 23.0 Å². The summed E-state index contributed by atoms with van der Waals surface area (Å²) in [5.74, 6) is 3.65. The number of ether oxygens (including phenoxy) is 2. The predicted molar refractivity (Wildman–Crippen MR) is 124 cm³/mol. The van der Waals surface area contributed by atoms with Crippen molar-refractivity contribution in [3.63, 3.8) is 0 Å². The number of hydrogen-bond acceptors (Lipinski definition) is 2. The summed E-state index contributed by atoms with van der Waals surface area (Å²) in [6.45, 7) is 6.62. The van der Waals surface area contributed by atoms with Crippen molar-refractivity contribution in [2.24, 2.45) is 0 Å². The van der Waals surface area contributed by atoms with Gasteiger partial charge in [0.15, 0.2) is 0 Å². The SMILES string of the molecule is Cc1cc(C)c(-c2ccc3c4c2Oc2ccccc2B4c2ccccc2O3)c(C)c1. The third-order valence-electron chi connectivity index (χ3n) is 6.28. The summed E-state index contributed by atoms with van der Waals surface area (Å²) in [4.78, 5) is 0. The van der Waals surface area contributed by atoms with Gasteiger partial charge in [-0.1, -0.05) is 54.1 Å². The molecule has 2 aliphatic heterocycles. The Morgan fingerprint density at radius 3 is 1.90 bits per heavy atom. The highest BCUT2D eigenvalue weighted by Gasteiger charge is 2.41.